The van der Waals surface area contributed by atoms with Gasteiger partial charge in [-0.2, -0.15) is 10.2 Å². The van der Waals surface area contributed by atoms with E-state index >= 15 is 0 Å². The fourth-order valence-corrected chi connectivity index (χ4v) is 3.39. The summed E-state index contributed by atoms with van der Waals surface area (Å²) in [7, 11) is 3.69. The molecule has 3 rings (SSSR count). The number of aromatic nitrogens is 4. The molecule has 1 atom stereocenters. The molecule has 2 amide bonds. The Bertz CT molecular complexity index is 957. The van der Waals surface area contributed by atoms with E-state index in [4.69, 9.17) is 0 Å². The number of hydrogen-bond donors (Lipinski definition) is 1. The molecule has 0 radical (unpaired) electrons. The van der Waals surface area contributed by atoms with Gasteiger partial charge in [-0.3, -0.25) is 4.68 Å². The Morgan fingerprint density at radius 1 is 1.25 bits per heavy atom. The van der Waals surface area contributed by atoms with Gasteiger partial charge in [0.05, 0.1) is 23.1 Å². The Hall–Kier alpha value is -3.09. The highest BCUT2D eigenvalue weighted by Crippen LogP contribution is 2.17. The van der Waals surface area contributed by atoms with Crippen molar-refractivity contribution in [2.75, 3.05) is 7.05 Å². The molecule has 148 valence electrons. The standard InChI is InChI=1S/C21H28N6O/c1-6-19(20-10-11-22-26(20)5)23-21(28)25(4)14-17-8-7-9-18(13-17)27-16(3)12-15(2)24-27/h7-13,19H,6,14H2,1-5H3,(H,23,28)/t19-/m1/s1. The largest absolute Gasteiger partial charge is 0.330 e. The quantitative estimate of drug-likeness (QED) is 0.711. The van der Waals surface area contributed by atoms with E-state index in [-0.39, 0.29) is 12.1 Å². The first-order valence-electron chi connectivity index (χ1n) is 9.51. The average Bonchev–Trinajstić information content (AvgIpc) is 3.24. The summed E-state index contributed by atoms with van der Waals surface area (Å²) >= 11 is 0. The van der Waals surface area contributed by atoms with Crippen LogP contribution in [0.25, 0.3) is 5.69 Å². The lowest BCUT2D eigenvalue weighted by atomic mass is 10.1. The van der Waals surface area contributed by atoms with E-state index < -0.39 is 0 Å². The molecule has 0 saturated heterocycles. The van der Waals surface area contributed by atoms with Crippen LogP contribution in [-0.2, 0) is 13.6 Å². The van der Waals surface area contributed by atoms with Crippen LogP contribution in [0.1, 0.15) is 42.0 Å². The van der Waals surface area contributed by atoms with Crippen molar-refractivity contribution < 1.29 is 4.79 Å². The van der Waals surface area contributed by atoms with Crippen LogP contribution in [0.3, 0.4) is 0 Å². The molecule has 28 heavy (non-hydrogen) atoms. The molecule has 7 nitrogen and oxygen atoms in total. The molecular formula is C21H28N6O. The summed E-state index contributed by atoms with van der Waals surface area (Å²) in [6.45, 7) is 6.59. The number of nitrogens with zero attached hydrogens (tertiary/aromatic N) is 5. The number of aryl methyl sites for hydroxylation is 3. The number of urea groups is 1. The van der Waals surface area contributed by atoms with Gasteiger partial charge in [-0.05, 0) is 50.1 Å². The Labute approximate surface area is 166 Å². The van der Waals surface area contributed by atoms with Crippen molar-refractivity contribution >= 4 is 6.03 Å². The van der Waals surface area contributed by atoms with Crippen LogP contribution < -0.4 is 5.32 Å². The van der Waals surface area contributed by atoms with Crippen LogP contribution in [0.15, 0.2) is 42.6 Å². The second-order valence-corrected chi connectivity index (χ2v) is 7.15. The molecule has 0 aliphatic heterocycles. The summed E-state index contributed by atoms with van der Waals surface area (Å²) in [5.74, 6) is 0. The molecule has 0 aliphatic carbocycles. The van der Waals surface area contributed by atoms with Crippen LogP contribution in [0.2, 0.25) is 0 Å². The molecule has 0 bridgehead atoms. The first-order valence-corrected chi connectivity index (χ1v) is 9.51. The first kappa shape index (κ1) is 19.7. The third-order valence-corrected chi connectivity index (χ3v) is 4.85. The third-order valence-electron chi connectivity index (χ3n) is 4.85. The van der Waals surface area contributed by atoms with Gasteiger partial charge in [0.2, 0.25) is 0 Å². The molecular weight excluding hydrogens is 352 g/mol. The van der Waals surface area contributed by atoms with E-state index in [2.05, 4.69) is 34.6 Å². The number of nitrogens with one attached hydrogen (secondary N) is 1. The fraction of sp³-hybridized carbons (Fsp3) is 0.381. The number of amides is 2. The van der Waals surface area contributed by atoms with E-state index in [9.17, 15) is 4.79 Å². The maximum absolute atomic E-state index is 12.7. The Morgan fingerprint density at radius 2 is 2.04 bits per heavy atom. The third kappa shape index (κ3) is 4.24. The summed E-state index contributed by atoms with van der Waals surface area (Å²) in [5, 5.41) is 11.8. The molecule has 3 aromatic rings. The second-order valence-electron chi connectivity index (χ2n) is 7.15. The Morgan fingerprint density at radius 3 is 2.64 bits per heavy atom. The summed E-state index contributed by atoms with van der Waals surface area (Å²) in [4.78, 5) is 14.4. The SMILES string of the molecule is CC[C@@H](NC(=O)N(C)Cc1cccc(-n2nc(C)cc2C)c1)c1ccnn1C. The minimum atomic E-state index is -0.107. The molecule has 1 N–H and O–H groups in total. The maximum Gasteiger partial charge on any atom is 0.317 e. The number of benzene rings is 1. The number of carbonyl (C=O) groups is 1. The molecule has 2 aromatic heterocycles. The van der Waals surface area contributed by atoms with E-state index in [1.807, 2.05) is 49.8 Å². The molecule has 0 saturated carbocycles. The minimum absolute atomic E-state index is 0.0662. The molecule has 0 spiro atoms. The number of hydrogen-bond acceptors (Lipinski definition) is 3. The van der Waals surface area contributed by atoms with Gasteiger partial charge in [0.1, 0.15) is 0 Å². The highest BCUT2D eigenvalue weighted by molar-refractivity contribution is 5.74. The van der Waals surface area contributed by atoms with Crippen LogP contribution in [0, 0.1) is 13.8 Å². The minimum Gasteiger partial charge on any atom is -0.330 e. The van der Waals surface area contributed by atoms with Crippen molar-refractivity contribution in [3.8, 4) is 5.69 Å². The Kier molecular flexibility index (Phi) is 5.82. The predicted octanol–water partition coefficient (Wildman–Crippen LogP) is 3.52. The zero-order valence-electron chi connectivity index (χ0n) is 17.2. The molecule has 2 heterocycles. The van der Waals surface area contributed by atoms with Gasteiger partial charge in [-0.15, -0.1) is 0 Å². The molecule has 7 heteroatoms. The lowest BCUT2D eigenvalue weighted by Crippen LogP contribution is -2.39. The number of carbonyl (C=O) groups excluding carboxylic acids is 1. The van der Waals surface area contributed by atoms with Crippen molar-refractivity contribution in [1.29, 1.82) is 0 Å². The maximum atomic E-state index is 12.7. The normalized spacial score (nSPS) is 12.0. The summed E-state index contributed by atoms with van der Waals surface area (Å²) in [6.07, 6.45) is 2.55. The zero-order chi connectivity index (χ0) is 20.3. The smallest absolute Gasteiger partial charge is 0.317 e. The van der Waals surface area contributed by atoms with Gasteiger partial charge < -0.3 is 10.2 Å². The van der Waals surface area contributed by atoms with E-state index in [0.717, 1.165) is 34.8 Å². The first-order chi connectivity index (χ1) is 13.4. The van der Waals surface area contributed by atoms with Gasteiger partial charge in [0.15, 0.2) is 0 Å². The molecule has 0 aliphatic rings. The van der Waals surface area contributed by atoms with Crippen LogP contribution in [0.4, 0.5) is 4.79 Å². The van der Waals surface area contributed by atoms with Crippen LogP contribution >= 0.6 is 0 Å². The lowest BCUT2D eigenvalue weighted by molar-refractivity contribution is 0.201. The zero-order valence-corrected chi connectivity index (χ0v) is 17.2. The van der Waals surface area contributed by atoms with Crippen LogP contribution in [-0.4, -0.2) is 37.5 Å². The fourth-order valence-electron chi connectivity index (χ4n) is 3.39. The monoisotopic (exact) mass is 380 g/mol. The second kappa shape index (κ2) is 8.29. The van der Waals surface area contributed by atoms with Crippen LogP contribution in [0.5, 0.6) is 0 Å². The summed E-state index contributed by atoms with van der Waals surface area (Å²) in [5.41, 5.74) is 5.12. The van der Waals surface area contributed by atoms with Crippen molar-refractivity contribution in [2.45, 2.75) is 39.8 Å². The van der Waals surface area contributed by atoms with Crippen molar-refractivity contribution in [3.63, 3.8) is 0 Å². The molecule has 1 aromatic carbocycles. The predicted molar refractivity (Wildman–Crippen MR) is 109 cm³/mol. The van der Waals surface area contributed by atoms with Gasteiger partial charge in [0, 0.05) is 32.5 Å². The Balaban J connectivity index is 1.69. The summed E-state index contributed by atoms with van der Waals surface area (Å²) in [6, 6.07) is 11.9. The molecule has 0 unspecified atom stereocenters. The van der Waals surface area contributed by atoms with Gasteiger partial charge in [-0.1, -0.05) is 19.1 Å². The van der Waals surface area contributed by atoms with Crippen molar-refractivity contribution in [2.24, 2.45) is 7.05 Å². The highest BCUT2D eigenvalue weighted by atomic mass is 16.2. The summed E-state index contributed by atoms with van der Waals surface area (Å²) < 4.78 is 3.72. The molecule has 0 fully saturated rings. The van der Waals surface area contributed by atoms with E-state index in [1.54, 1.807) is 22.8 Å². The number of rotatable bonds is 6. The lowest BCUT2D eigenvalue weighted by Gasteiger charge is -2.23. The van der Waals surface area contributed by atoms with Crippen molar-refractivity contribution in [3.05, 3.63) is 65.2 Å². The topological polar surface area (TPSA) is 68.0 Å². The van der Waals surface area contributed by atoms with Gasteiger partial charge >= 0.3 is 6.03 Å². The van der Waals surface area contributed by atoms with Gasteiger partial charge in [-0.25, -0.2) is 9.48 Å². The average molecular weight is 380 g/mol. The highest BCUT2D eigenvalue weighted by Gasteiger charge is 2.18. The van der Waals surface area contributed by atoms with E-state index in [1.165, 1.54) is 0 Å². The van der Waals surface area contributed by atoms with Gasteiger partial charge in [0.25, 0.3) is 0 Å². The van der Waals surface area contributed by atoms with E-state index in [0.29, 0.717) is 6.54 Å². The van der Waals surface area contributed by atoms with Crippen molar-refractivity contribution in [1.82, 2.24) is 29.8 Å².